The van der Waals surface area contributed by atoms with Crippen molar-refractivity contribution in [2.24, 2.45) is 9.98 Å². The van der Waals surface area contributed by atoms with E-state index in [9.17, 15) is 4.79 Å². The summed E-state index contributed by atoms with van der Waals surface area (Å²) in [7, 11) is 0. The zero-order chi connectivity index (χ0) is 14.5. The lowest BCUT2D eigenvalue weighted by atomic mass is 10.2. The van der Waals surface area contributed by atoms with E-state index in [1.54, 1.807) is 0 Å². The van der Waals surface area contributed by atoms with Gasteiger partial charge < -0.3 is 5.11 Å². The van der Waals surface area contributed by atoms with Crippen molar-refractivity contribution in [3.05, 3.63) is 29.8 Å². The summed E-state index contributed by atoms with van der Waals surface area (Å²) in [5, 5.41) is 9.80. The van der Waals surface area contributed by atoms with Crippen molar-refractivity contribution < 1.29 is 9.90 Å². The van der Waals surface area contributed by atoms with Gasteiger partial charge in [0.2, 0.25) is 0 Å². The van der Waals surface area contributed by atoms with Crippen LogP contribution in [0.15, 0.2) is 34.3 Å². The van der Waals surface area contributed by atoms with Crippen LogP contribution in [0.25, 0.3) is 0 Å². The first-order valence-electron chi connectivity index (χ1n) is 6.68. The Bertz CT molecular complexity index is 567. The quantitative estimate of drug-likeness (QED) is 0.845. The molecular formula is C15H18N2O2S. The van der Waals surface area contributed by atoms with Crippen LogP contribution in [0, 0.1) is 6.92 Å². The van der Waals surface area contributed by atoms with Crippen molar-refractivity contribution in [1.29, 1.82) is 0 Å². The molecule has 0 fully saturated rings. The second-order valence-corrected chi connectivity index (χ2v) is 5.70. The Kier molecular flexibility index (Phi) is 4.95. The zero-order valence-corrected chi connectivity index (χ0v) is 12.5. The molecule has 1 aliphatic rings. The number of nitrogens with zero attached hydrogens (tertiary/aromatic N) is 2. The highest BCUT2D eigenvalue weighted by Crippen LogP contribution is 2.24. The third kappa shape index (κ3) is 3.48. The van der Waals surface area contributed by atoms with Crippen LogP contribution >= 0.6 is 11.8 Å². The monoisotopic (exact) mass is 290 g/mol. The van der Waals surface area contributed by atoms with Crippen LogP contribution in [0.2, 0.25) is 0 Å². The molecular weight excluding hydrogens is 272 g/mol. The number of hydrogen-bond donors (Lipinski definition) is 1. The van der Waals surface area contributed by atoms with Crippen molar-refractivity contribution >= 4 is 34.2 Å². The number of carboxylic acid groups (broad SMARTS) is 1. The lowest BCUT2D eigenvalue weighted by molar-refractivity contribution is -0.137. The third-order valence-electron chi connectivity index (χ3n) is 3.04. The Balaban J connectivity index is 2.30. The predicted molar refractivity (Wildman–Crippen MR) is 84.5 cm³/mol. The maximum atomic E-state index is 11.0. The van der Waals surface area contributed by atoms with Crippen molar-refractivity contribution in [2.45, 2.75) is 32.7 Å². The average molecular weight is 290 g/mol. The third-order valence-corrected chi connectivity index (χ3v) is 4.14. The fourth-order valence-corrected chi connectivity index (χ4v) is 2.99. The lowest BCUT2D eigenvalue weighted by Crippen LogP contribution is -2.17. The first-order chi connectivity index (χ1) is 9.61. The molecule has 0 saturated heterocycles. The number of aryl methyl sites for hydroxylation is 1. The number of benzene rings is 1. The van der Waals surface area contributed by atoms with Gasteiger partial charge in [-0.2, -0.15) is 0 Å². The lowest BCUT2D eigenvalue weighted by Gasteiger charge is -2.06. The standard InChI is InChI=1S/C15H18N2O2S/c1-3-6-12(14-17-13(9-20-14)15(18)19)16-11-8-5-4-7-10(11)2/h4-5,7-8,13H,3,6,9H2,1-2H3,(H,18,19). The summed E-state index contributed by atoms with van der Waals surface area (Å²) in [5.74, 6) is -0.361. The van der Waals surface area contributed by atoms with E-state index >= 15 is 0 Å². The minimum atomic E-state index is -0.862. The summed E-state index contributed by atoms with van der Waals surface area (Å²) in [6.07, 6.45) is 1.77. The molecule has 1 aliphatic heterocycles. The van der Waals surface area contributed by atoms with E-state index in [0.29, 0.717) is 5.75 Å². The highest BCUT2D eigenvalue weighted by molar-refractivity contribution is 8.16. The Morgan fingerprint density at radius 2 is 2.25 bits per heavy atom. The van der Waals surface area contributed by atoms with E-state index in [-0.39, 0.29) is 0 Å². The molecule has 0 aromatic heterocycles. The predicted octanol–water partition coefficient (Wildman–Crippen LogP) is 3.47. The van der Waals surface area contributed by atoms with Crippen LogP contribution in [0.1, 0.15) is 25.3 Å². The maximum absolute atomic E-state index is 11.0. The molecule has 1 aromatic carbocycles. The maximum Gasteiger partial charge on any atom is 0.329 e. The number of aliphatic imine (C=N–C) groups is 2. The zero-order valence-electron chi connectivity index (χ0n) is 11.7. The van der Waals surface area contributed by atoms with Gasteiger partial charge in [0.1, 0.15) is 5.04 Å². The molecule has 0 spiro atoms. The first kappa shape index (κ1) is 14.8. The van der Waals surface area contributed by atoms with Crippen LogP contribution in [-0.4, -0.2) is 33.6 Å². The van der Waals surface area contributed by atoms with Crippen LogP contribution in [-0.2, 0) is 4.79 Å². The number of para-hydroxylation sites is 1. The smallest absolute Gasteiger partial charge is 0.329 e. The molecule has 1 heterocycles. The van der Waals surface area contributed by atoms with Gasteiger partial charge in [-0.15, -0.1) is 11.8 Å². The molecule has 0 saturated carbocycles. The molecule has 4 nitrogen and oxygen atoms in total. The number of hydrogen-bond acceptors (Lipinski definition) is 4. The summed E-state index contributed by atoms with van der Waals surface area (Å²) in [6, 6.07) is 7.30. The fourth-order valence-electron chi connectivity index (χ4n) is 1.94. The summed E-state index contributed by atoms with van der Waals surface area (Å²) < 4.78 is 0. The van der Waals surface area contributed by atoms with E-state index in [1.165, 1.54) is 11.8 Å². The van der Waals surface area contributed by atoms with Crippen molar-refractivity contribution in [3.8, 4) is 0 Å². The largest absolute Gasteiger partial charge is 0.480 e. The second kappa shape index (κ2) is 6.70. The van der Waals surface area contributed by atoms with Gasteiger partial charge in [-0.1, -0.05) is 31.5 Å². The molecule has 20 heavy (non-hydrogen) atoms. The van der Waals surface area contributed by atoms with E-state index < -0.39 is 12.0 Å². The molecule has 1 aromatic rings. The van der Waals surface area contributed by atoms with Gasteiger partial charge >= 0.3 is 5.97 Å². The summed E-state index contributed by atoms with van der Waals surface area (Å²) >= 11 is 1.49. The van der Waals surface area contributed by atoms with E-state index in [0.717, 1.165) is 34.8 Å². The summed E-state index contributed by atoms with van der Waals surface area (Å²) in [5.41, 5.74) is 2.94. The fraction of sp³-hybridized carbons (Fsp3) is 0.400. The molecule has 2 rings (SSSR count). The van der Waals surface area contributed by atoms with Crippen LogP contribution in [0.3, 0.4) is 0 Å². The highest BCUT2D eigenvalue weighted by atomic mass is 32.2. The molecule has 0 bridgehead atoms. The van der Waals surface area contributed by atoms with Crippen LogP contribution in [0.4, 0.5) is 5.69 Å². The highest BCUT2D eigenvalue weighted by Gasteiger charge is 2.26. The summed E-state index contributed by atoms with van der Waals surface area (Å²) in [6.45, 7) is 4.11. The van der Waals surface area contributed by atoms with Crippen molar-refractivity contribution in [2.75, 3.05) is 5.75 Å². The van der Waals surface area contributed by atoms with Gasteiger partial charge in [0.25, 0.3) is 0 Å². The van der Waals surface area contributed by atoms with E-state index in [1.807, 2.05) is 31.2 Å². The molecule has 1 unspecified atom stereocenters. The second-order valence-electron chi connectivity index (χ2n) is 4.69. The minimum absolute atomic E-state index is 0.501. The van der Waals surface area contributed by atoms with Crippen LogP contribution < -0.4 is 0 Å². The Morgan fingerprint density at radius 3 is 2.85 bits per heavy atom. The van der Waals surface area contributed by atoms with Gasteiger partial charge in [0.05, 0.1) is 11.4 Å². The van der Waals surface area contributed by atoms with Gasteiger partial charge in [0, 0.05) is 5.75 Å². The van der Waals surface area contributed by atoms with Gasteiger partial charge in [-0.3, -0.25) is 9.98 Å². The van der Waals surface area contributed by atoms with E-state index in [2.05, 4.69) is 11.9 Å². The number of carboxylic acids is 1. The van der Waals surface area contributed by atoms with Crippen molar-refractivity contribution in [3.63, 3.8) is 0 Å². The average Bonchev–Trinajstić information content (AvgIpc) is 2.90. The Hall–Kier alpha value is -1.62. The Morgan fingerprint density at radius 1 is 1.50 bits per heavy atom. The molecule has 1 atom stereocenters. The van der Waals surface area contributed by atoms with E-state index in [4.69, 9.17) is 10.1 Å². The molecule has 5 heteroatoms. The summed E-state index contributed by atoms with van der Waals surface area (Å²) in [4.78, 5) is 20.0. The van der Waals surface area contributed by atoms with Crippen LogP contribution in [0.5, 0.6) is 0 Å². The van der Waals surface area contributed by atoms with Gasteiger partial charge in [-0.05, 0) is 25.0 Å². The molecule has 0 radical (unpaired) electrons. The van der Waals surface area contributed by atoms with Gasteiger partial charge in [-0.25, -0.2) is 4.79 Å². The Labute approximate surface area is 123 Å². The molecule has 1 N–H and O–H groups in total. The molecule has 0 aliphatic carbocycles. The number of aliphatic carboxylic acids is 1. The molecule has 106 valence electrons. The number of rotatable bonds is 5. The number of thioether (sulfide) groups is 1. The van der Waals surface area contributed by atoms with Crippen molar-refractivity contribution in [1.82, 2.24) is 0 Å². The first-order valence-corrected chi connectivity index (χ1v) is 7.67. The SMILES string of the molecule is CCCC(=Nc1ccccc1C)C1=NC(C(=O)O)CS1. The van der Waals surface area contributed by atoms with Gasteiger partial charge in [0.15, 0.2) is 6.04 Å². The minimum Gasteiger partial charge on any atom is -0.480 e. The molecule has 0 amide bonds. The number of carbonyl (C=O) groups is 1. The normalized spacial score (nSPS) is 19.0. The topological polar surface area (TPSA) is 62.0 Å².